The van der Waals surface area contributed by atoms with Gasteiger partial charge in [0.05, 0.1) is 0 Å². The minimum Gasteiger partial charge on any atom is -0.481 e. The van der Waals surface area contributed by atoms with Gasteiger partial charge in [-0.05, 0) is 60.9 Å². The molecule has 4 heteroatoms. The van der Waals surface area contributed by atoms with Gasteiger partial charge in [-0.15, -0.1) is 6.42 Å². The summed E-state index contributed by atoms with van der Waals surface area (Å²) in [6.45, 7) is 4.12. The van der Waals surface area contributed by atoms with Crippen LogP contribution >= 0.6 is 0 Å². The van der Waals surface area contributed by atoms with E-state index in [2.05, 4.69) is 11.2 Å². The van der Waals surface area contributed by atoms with Gasteiger partial charge >= 0.3 is 0 Å². The Morgan fingerprint density at radius 1 is 1.24 bits per heavy atom. The maximum absolute atomic E-state index is 12.3. The summed E-state index contributed by atoms with van der Waals surface area (Å²) in [5, 5.41) is 12.1. The van der Waals surface area contributed by atoms with E-state index in [4.69, 9.17) is 11.2 Å². The summed E-state index contributed by atoms with van der Waals surface area (Å²) in [6.07, 6.45) is 6.68. The van der Waals surface area contributed by atoms with Gasteiger partial charge in [0, 0.05) is 5.69 Å². The minimum atomic E-state index is -0.458. The van der Waals surface area contributed by atoms with Crippen molar-refractivity contribution in [3.63, 3.8) is 0 Å². The molecule has 2 aromatic carbocycles. The summed E-state index contributed by atoms with van der Waals surface area (Å²) in [5.41, 5.74) is 3.55. The van der Waals surface area contributed by atoms with Gasteiger partial charge in [-0.25, -0.2) is 0 Å². The van der Waals surface area contributed by atoms with Crippen molar-refractivity contribution in [2.24, 2.45) is 0 Å². The first-order valence-electron chi connectivity index (χ1n) is 7.70. The number of carbonyl (C=O) groups excluding carboxylic acids is 1. The van der Waals surface area contributed by atoms with Gasteiger partial charge < -0.3 is 10.1 Å². The predicted octanol–water partition coefficient (Wildman–Crippen LogP) is 3.86. The lowest BCUT2D eigenvalue weighted by Crippen LogP contribution is -2.13. The standard InChI is InChI=1S/C21H18N2O2/c1-4-10-25-20-7-5-6-17(13-20)12-18(14-22)21(24)23-19-9-8-15(2)16(3)11-19/h1,5-9,11-13H,10H2,2-3H3,(H,23,24)/b18-12-. The molecule has 0 saturated carbocycles. The van der Waals surface area contributed by atoms with E-state index in [0.717, 1.165) is 11.1 Å². The van der Waals surface area contributed by atoms with E-state index in [9.17, 15) is 10.1 Å². The van der Waals surface area contributed by atoms with E-state index in [1.807, 2.05) is 38.1 Å². The highest BCUT2D eigenvalue weighted by atomic mass is 16.5. The van der Waals surface area contributed by atoms with Crippen LogP contribution in [0.5, 0.6) is 5.75 Å². The number of aryl methyl sites for hydroxylation is 2. The summed E-state index contributed by atoms with van der Waals surface area (Å²) in [5.74, 6) is 2.51. The van der Waals surface area contributed by atoms with Crippen molar-refractivity contribution in [3.05, 3.63) is 64.7 Å². The topological polar surface area (TPSA) is 62.1 Å². The van der Waals surface area contributed by atoms with E-state index < -0.39 is 5.91 Å². The van der Waals surface area contributed by atoms with E-state index in [1.54, 1.807) is 24.3 Å². The second kappa shape index (κ2) is 8.38. The molecular weight excluding hydrogens is 312 g/mol. The van der Waals surface area contributed by atoms with Crippen LogP contribution in [0.1, 0.15) is 16.7 Å². The number of carbonyl (C=O) groups is 1. The highest BCUT2D eigenvalue weighted by molar-refractivity contribution is 6.09. The summed E-state index contributed by atoms with van der Waals surface area (Å²) in [7, 11) is 0. The Morgan fingerprint density at radius 3 is 2.72 bits per heavy atom. The summed E-state index contributed by atoms with van der Waals surface area (Å²) in [4.78, 5) is 12.3. The van der Waals surface area contributed by atoms with E-state index >= 15 is 0 Å². The van der Waals surface area contributed by atoms with Gasteiger partial charge in [-0.2, -0.15) is 5.26 Å². The molecule has 2 aromatic rings. The van der Waals surface area contributed by atoms with Gasteiger partial charge in [0.1, 0.15) is 24.0 Å². The SMILES string of the molecule is C#CCOc1cccc(/C=C(/C#N)C(=O)Nc2ccc(C)c(C)c2)c1. The number of rotatable bonds is 5. The predicted molar refractivity (Wildman–Crippen MR) is 98.9 cm³/mol. The molecular formula is C21H18N2O2. The molecule has 0 bridgehead atoms. The first-order valence-corrected chi connectivity index (χ1v) is 7.70. The maximum atomic E-state index is 12.3. The Labute approximate surface area is 147 Å². The van der Waals surface area contributed by atoms with Crippen molar-refractivity contribution in [3.8, 4) is 24.2 Å². The lowest BCUT2D eigenvalue weighted by atomic mass is 10.1. The van der Waals surface area contributed by atoms with Crippen molar-refractivity contribution in [1.82, 2.24) is 0 Å². The Balaban J connectivity index is 2.19. The number of ether oxygens (including phenoxy) is 1. The lowest BCUT2D eigenvalue weighted by Gasteiger charge is -2.07. The molecule has 0 spiro atoms. The zero-order valence-electron chi connectivity index (χ0n) is 14.2. The average Bonchev–Trinajstić information content (AvgIpc) is 2.61. The van der Waals surface area contributed by atoms with Gasteiger partial charge in [-0.3, -0.25) is 4.79 Å². The highest BCUT2D eigenvalue weighted by Crippen LogP contribution is 2.18. The first kappa shape index (κ1) is 17.8. The molecule has 4 nitrogen and oxygen atoms in total. The first-order chi connectivity index (χ1) is 12.0. The van der Waals surface area contributed by atoms with Crippen molar-refractivity contribution in [2.75, 3.05) is 11.9 Å². The third-order valence-electron chi connectivity index (χ3n) is 3.62. The van der Waals surface area contributed by atoms with E-state index in [-0.39, 0.29) is 12.2 Å². The van der Waals surface area contributed by atoms with Crippen LogP contribution in [0.3, 0.4) is 0 Å². The van der Waals surface area contributed by atoms with Crippen LogP contribution < -0.4 is 10.1 Å². The molecule has 0 radical (unpaired) electrons. The van der Waals surface area contributed by atoms with Crippen LogP contribution in [0.4, 0.5) is 5.69 Å². The normalized spacial score (nSPS) is 10.5. The second-order valence-corrected chi connectivity index (χ2v) is 5.49. The van der Waals surface area contributed by atoms with Crippen molar-refractivity contribution < 1.29 is 9.53 Å². The fourth-order valence-corrected chi connectivity index (χ4v) is 2.15. The number of terminal acetylenes is 1. The van der Waals surface area contributed by atoms with Crippen LogP contribution in [0.25, 0.3) is 6.08 Å². The molecule has 0 aliphatic rings. The van der Waals surface area contributed by atoms with Crippen LogP contribution in [0, 0.1) is 37.5 Å². The number of hydrogen-bond acceptors (Lipinski definition) is 3. The fourth-order valence-electron chi connectivity index (χ4n) is 2.15. The van der Waals surface area contributed by atoms with Crippen molar-refractivity contribution in [1.29, 1.82) is 5.26 Å². The number of nitriles is 1. The minimum absolute atomic E-state index is 0.00679. The largest absolute Gasteiger partial charge is 0.481 e. The van der Waals surface area contributed by atoms with Gasteiger partial charge in [0.25, 0.3) is 5.91 Å². The Morgan fingerprint density at radius 2 is 2.04 bits per heavy atom. The third kappa shape index (κ3) is 4.99. The fraction of sp³-hybridized carbons (Fsp3) is 0.143. The monoisotopic (exact) mass is 330 g/mol. The lowest BCUT2D eigenvalue weighted by molar-refractivity contribution is -0.112. The molecule has 0 saturated heterocycles. The van der Waals surface area contributed by atoms with Gasteiger partial charge in [-0.1, -0.05) is 24.1 Å². The molecule has 0 heterocycles. The molecule has 0 fully saturated rings. The van der Waals surface area contributed by atoms with Crippen molar-refractivity contribution >= 4 is 17.7 Å². The summed E-state index contributed by atoms with van der Waals surface area (Å²) < 4.78 is 5.34. The molecule has 0 aromatic heterocycles. The quantitative estimate of drug-likeness (QED) is 0.514. The van der Waals surface area contributed by atoms with Crippen molar-refractivity contribution in [2.45, 2.75) is 13.8 Å². The molecule has 25 heavy (non-hydrogen) atoms. The summed E-state index contributed by atoms with van der Waals surface area (Å²) >= 11 is 0. The van der Waals surface area contributed by atoms with E-state index in [1.165, 1.54) is 6.08 Å². The number of anilines is 1. The van der Waals surface area contributed by atoms with Crippen LogP contribution in [-0.4, -0.2) is 12.5 Å². The Hall–Kier alpha value is -3.50. The average molecular weight is 330 g/mol. The number of hydrogen-bond donors (Lipinski definition) is 1. The number of amides is 1. The highest BCUT2D eigenvalue weighted by Gasteiger charge is 2.10. The molecule has 1 amide bonds. The zero-order valence-corrected chi connectivity index (χ0v) is 14.2. The smallest absolute Gasteiger partial charge is 0.266 e. The van der Waals surface area contributed by atoms with Crippen LogP contribution in [0.2, 0.25) is 0 Å². The van der Waals surface area contributed by atoms with Crippen LogP contribution in [-0.2, 0) is 4.79 Å². The summed E-state index contributed by atoms with van der Waals surface area (Å²) in [6, 6.07) is 14.6. The van der Waals surface area contributed by atoms with E-state index in [0.29, 0.717) is 17.0 Å². The molecule has 1 N–H and O–H groups in total. The van der Waals surface area contributed by atoms with Crippen LogP contribution in [0.15, 0.2) is 48.0 Å². The Kier molecular flexibility index (Phi) is 5.98. The maximum Gasteiger partial charge on any atom is 0.266 e. The number of nitrogens with zero attached hydrogens (tertiary/aromatic N) is 1. The second-order valence-electron chi connectivity index (χ2n) is 5.49. The molecule has 0 aliphatic carbocycles. The molecule has 2 rings (SSSR count). The van der Waals surface area contributed by atoms with Gasteiger partial charge in [0.15, 0.2) is 0 Å². The molecule has 124 valence electrons. The molecule has 0 atom stereocenters. The number of nitrogens with one attached hydrogen (secondary N) is 1. The Bertz CT molecular complexity index is 899. The number of benzene rings is 2. The molecule has 0 aliphatic heterocycles. The molecule has 0 unspecified atom stereocenters. The van der Waals surface area contributed by atoms with Gasteiger partial charge in [0.2, 0.25) is 0 Å². The zero-order chi connectivity index (χ0) is 18.2. The third-order valence-corrected chi connectivity index (χ3v) is 3.62.